The first-order valence-corrected chi connectivity index (χ1v) is 11.8. The standard InChI is InChI=1S/C18H22N2O4S2/c1-25(21,22)17-8-10-18(11-9-17)26(23,24)19-14-15-4-6-16(7-5-15)20-12-2-3-13-20/h4-11,19H,2-3,12-14H2,1H3. The van der Waals surface area contributed by atoms with Crippen LogP contribution < -0.4 is 9.62 Å². The lowest BCUT2D eigenvalue weighted by molar-refractivity contribution is 0.580. The van der Waals surface area contributed by atoms with Crippen LogP contribution in [0, 0.1) is 0 Å². The average molecular weight is 395 g/mol. The molecule has 0 aliphatic carbocycles. The Labute approximate surface area is 154 Å². The molecular weight excluding hydrogens is 372 g/mol. The van der Waals surface area contributed by atoms with Gasteiger partial charge in [-0.05, 0) is 54.8 Å². The van der Waals surface area contributed by atoms with E-state index in [2.05, 4.69) is 9.62 Å². The highest BCUT2D eigenvalue weighted by Gasteiger charge is 2.16. The minimum Gasteiger partial charge on any atom is -0.372 e. The van der Waals surface area contributed by atoms with Crippen LogP contribution in [0.15, 0.2) is 58.3 Å². The highest BCUT2D eigenvalue weighted by Crippen LogP contribution is 2.21. The van der Waals surface area contributed by atoms with E-state index in [1.807, 2.05) is 24.3 Å². The minimum absolute atomic E-state index is 0.0404. The molecule has 0 unspecified atom stereocenters. The van der Waals surface area contributed by atoms with Crippen molar-refractivity contribution in [3.63, 3.8) is 0 Å². The van der Waals surface area contributed by atoms with E-state index in [9.17, 15) is 16.8 Å². The highest BCUT2D eigenvalue weighted by molar-refractivity contribution is 7.90. The second-order valence-corrected chi connectivity index (χ2v) is 10.2. The first-order chi connectivity index (χ1) is 12.3. The number of anilines is 1. The van der Waals surface area contributed by atoms with Crippen LogP contribution in [0.4, 0.5) is 5.69 Å². The molecule has 0 spiro atoms. The van der Waals surface area contributed by atoms with Crippen LogP contribution >= 0.6 is 0 Å². The second-order valence-electron chi connectivity index (χ2n) is 6.43. The number of nitrogens with one attached hydrogen (secondary N) is 1. The Morgan fingerprint density at radius 3 is 1.92 bits per heavy atom. The molecule has 1 heterocycles. The zero-order valence-corrected chi connectivity index (χ0v) is 16.2. The van der Waals surface area contributed by atoms with Gasteiger partial charge in [0.2, 0.25) is 10.0 Å². The Balaban J connectivity index is 1.66. The van der Waals surface area contributed by atoms with E-state index >= 15 is 0 Å². The van der Waals surface area contributed by atoms with Crippen LogP contribution in [-0.2, 0) is 26.4 Å². The molecule has 6 nitrogen and oxygen atoms in total. The van der Waals surface area contributed by atoms with Crippen molar-refractivity contribution in [3.8, 4) is 0 Å². The number of benzene rings is 2. The zero-order chi connectivity index (χ0) is 18.8. The van der Waals surface area contributed by atoms with Gasteiger partial charge in [-0.15, -0.1) is 0 Å². The summed E-state index contributed by atoms with van der Waals surface area (Å²) in [5.41, 5.74) is 2.02. The molecule has 2 aromatic carbocycles. The SMILES string of the molecule is CS(=O)(=O)c1ccc(S(=O)(=O)NCc2ccc(N3CCCC3)cc2)cc1. The lowest BCUT2D eigenvalue weighted by atomic mass is 10.2. The van der Waals surface area contributed by atoms with Crippen molar-refractivity contribution >= 4 is 25.5 Å². The Morgan fingerprint density at radius 2 is 1.38 bits per heavy atom. The van der Waals surface area contributed by atoms with E-state index in [0.29, 0.717) is 0 Å². The van der Waals surface area contributed by atoms with Crippen LogP contribution in [0.3, 0.4) is 0 Å². The maximum Gasteiger partial charge on any atom is 0.240 e. The molecule has 0 radical (unpaired) electrons. The minimum atomic E-state index is -3.70. The fourth-order valence-electron chi connectivity index (χ4n) is 2.93. The van der Waals surface area contributed by atoms with Gasteiger partial charge in [0, 0.05) is 31.6 Å². The van der Waals surface area contributed by atoms with Crippen molar-refractivity contribution in [1.82, 2.24) is 4.72 Å². The first kappa shape index (κ1) is 18.9. The predicted molar refractivity (Wildman–Crippen MR) is 101 cm³/mol. The summed E-state index contributed by atoms with van der Waals surface area (Å²) in [4.78, 5) is 2.45. The van der Waals surface area contributed by atoms with Gasteiger partial charge in [0.25, 0.3) is 0 Å². The third-order valence-corrected chi connectivity index (χ3v) is 6.98. The van der Waals surface area contributed by atoms with Gasteiger partial charge in [0.05, 0.1) is 9.79 Å². The number of sulfonamides is 1. The zero-order valence-electron chi connectivity index (χ0n) is 14.6. The van der Waals surface area contributed by atoms with Gasteiger partial charge < -0.3 is 4.90 Å². The highest BCUT2D eigenvalue weighted by atomic mass is 32.2. The van der Waals surface area contributed by atoms with Crippen molar-refractivity contribution in [2.45, 2.75) is 29.2 Å². The quantitative estimate of drug-likeness (QED) is 0.812. The molecule has 8 heteroatoms. The summed E-state index contributed by atoms with van der Waals surface area (Å²) >= 11 is 0. The molecule has 26 heavy (non-hydrogen) atoms. The number of rotatable bonds is 6. The summed E-state index contributed by atoms with van der Waals surface area (Å²) in [6, 6.07) is 13.1. The van der Waals surface area contributed by atoms with E-state index in [1.165, 1.54) is 37.1 Å². The van der Waals surface area contributed by atoms with Gasteiger partial charge in [0.1, 0.15) is 0 Å². The Morgan fingerprint density at radius 1 is 0.846 bits per heavy atom. The molecular formula is C18H22N2O4S2. The molecule has 1 N–H and O–H groups in total. The van der Waals surface area contributed by atoms with E-state index in [-0.39, 0.29) is 16.3 Å². The Hall–Kier alpha value is -1.90. The molecule has 1 fully saturated rings. The van der Waals surface area contributed by atoms with Crippen LogP contribution in [0.5, 0.6) is 0 Å². The molecule has 0 aromatic heterocycles. The normalized spacial score (nSPS) is 15.3. The lowest BCUT2D eigenvalue weighted by Gasteiger charge is -2.17. The molecule has 3 rings (SSSR count). The molecule has 0 saturated carbocycles. The van der Waals surface area contributed by atoms with Gasteiger partial charge in [-0.2, -0.15) is 0 Å². The van der Waals surface area contributed by atoms with Crippen LogP contribution in [0.2, 0.25) is 0 Å². The fraction of sp³-hybridized carbons (Fsp3) is 0.333. The van der Waals surface area contributed by atoms with Crippen molar-refractivity contribution in [2.75, 3.05) is 24.2 Å². The van der Waals surface area contributed by atoms with Gasteiger partial charge in [0.15, 0.2) is 9.84 Å². The van der Waals surface area contributed by atoms with Crippen LogP contribution in [-0.4, -0.2) is 36.2 Å². The molecule has 1 aliphatic rings. The van der Waals surface area contributed by atoms with Crippen molar-refractivity contribution in [2.24, 2.45) is 0 Å². The summed E-state index contributed by atoms with van der Waals surface area (Å²) in [6.45, 7) is 2.31. The molecule has 140 valence electrons. The molecule has 1 saturated heterocycles. The third-order valence-electron chi connectivity index (χ3n) is 4.44. The first-order valence-electron chi connectivity index (χ1n) is 8.39. The van der Waals surface area contributed by atoms with Gasteiger partial charge >= 0.3 is 0 Å². The molecule has 0 bridgehead atoms. The summed E-state index contributed by atoms with van der Waals surface area (Å²) in [7, 11) is -7.05. The van der Waals surface area contributed by atoms with Crippen molar-refractivity contribution < 1.29 is 16.8 Å². The predicted octanol–water partition coefficient (Wildman–Crippen LogP) is 2.17. The molecule has 0 amide bonds. The number of nitrogens with zero attached hydrogens (tertiary/aromatic N) is 1. The lowest BCUT2D eigenvalue weighted by Crippen LogP contribution is -2.23. The number of sulfone groups is 1. The summed E-state index contributed by atoms with van der Waals surface area (Å²) in [5, 5.41) is 0. The van der Waals surface area contributed by atoms with E-state index in [0.717, 1.165) is 30.6 Å². The van der Waals surface area contributed by atoms with Crippen LogP contribution in [0.25, 0.3) is 0 Å². The number of hydrogen-bond acceptors (Lipinski definition) is 5. The molecule has 0 atom stereocenters. The van der Waals surface area contributed by atoms with Gasteiger partial charge in [-0.3, -0.25) is 0 Å². The maximum atomic E-state index is 12.4. The van der Waals surface area contributed by atoms with Gasteiger partial charge in [-0.1, -0.05) is 12.1 Å². The summed E-state index contributed by atoms with van der Waals surface area (Å²) in [6.07, 6.45) is 3.50. The van der Waals surface area contributed by atoms with Gasteiger partial charge in [-0.25, -0.2) is 21.6 Å². The monoisotopic (exact) mass is 394 g/mol. The van der Waals surface area contributed by atoms with E-state index < -0.39 is 19.9 Å². The Bertz CT molecular complexity index is 961. The van der Waals surface area contributed by atoms with E-state index in [1.54, 1.807) is 0 Å². The maximum absolute atomic E-state index is 12.4. The summed E-state index contributed by atoms with van der Waals surface area (Å²) < 4.78 is 50.2. The Kier molecular flexibility index (Phi) is 5.36. The second kappa shape index (κ2) is 7.38. The smallest absolute Gasteiger partial charge is 0.240 e. The van der Waals surface area contributed by atoms with Crippen LogP contribution in [0.1, 0.15) is 18.4 Å². The fourth-order valence-corrected chi connectivity index (χ4v) is 4.58. The van der Waals surface area contributed by atoms with E-state index in [4.69, 9.17) is 0 Å². The molecule has 1 aliphatic heterocycles. The topological polar surface area (TPSA) is 83.5 Å². The largest absolute Gasteiger partial charge is 0.372 e. The average Bonchev–Trinajstić information content (AvgIpc) is 3.14. The summed E-state index contributed by atoms with van der Waals surface area (Å²) in [5.74, 6) is 0. The third kappa shape index (κ3) is 4.44. The number of hydrogen-bond donors (Lipinski definition) is 1. The van der Waals surface area contributed by atoms with Crippen molar-refractivity contribution in [1.29, 1.82) is 0 Å². The molecule has 2 aromatic rings. The van der Waals surface area contributed by atoms with Crippen molar-refractivity contribution in [3.05, 3.63) is 54.1 Å².